The van der Waals surface area contributed by atoms with Gasteiger partial charge in [0.05, 0.1) is 0 Å². The smallest absolute Gasteiger partial charge is 0.148 e. The topological polar surface area (TPSA) is 27.7 Å². The average Bonchev–Trinajstić information content (AvgIpc) is 2.97. The van der Waals surface area contributed by atoms with Crippen LogP contribution < -0.4 is 14.2 Å². The molecule has 1 aliphatic heterocycles. The SMILES string of the molecule is C#CCOc1ccc2c3c(ccc2c1)Oc1ccc2cc(OCC=C)ccc2c1C3c1ccc(CC(C)C)cc1. The summed E-state index contributed by atoms with van der Waals surface area (Å²) >= 11 is 0. The molecule has 1 heterocycles. The van der Waals surface area contributed by atoms with Gasteiger partial charge in [0, 0.05) is 17.0 Å². The predicted molar refractivity (Wildman–Crippen MR) is 164 cm³/mol. The molecule has 0 bridgehead atoms. The Morgan fingerprint density at radius 1 is 0.825 bits per heavy atom. The maximum Gasteiger partial charge on any atom is 0.148 e. The first-order valence-electron chi connectivity index (χ1n) is 13.8. The van der Waals surface area contributed by atoms with E-state index < -0.39 is 0 Å². The van der Waals surface area contributed by atoms with E-state index in [9.17, 15) is 0 Å². The maximum atomic E-state index is 6.61. The van der Waals surface area contributed by atoms with Gasteiger partial charge in [0.1, 0.15) is 36.2 Å². The van der Waals surface area contributed by atoms with E-state index in [2.05, 4.69) is 99.1 Å². The summed E-state index contributed by atoms with van der Waals surface area (Å²) in [5.74, 6) is 6.47. The Kier molecular flexibility index (Phi) is 6.93. The van der Waals surface area contributed by atoms with Crippen LogP contribution in [0, 0.1) is 18.3 Å². The number of hydrogen-bond donors (Lipinski definition) is 0. The van der Waals surface area contributed by atoms with Crippen molar-refractivity contribution in [3.05, 3.63) is 120 Å². The van der Waals surface area contributed by atoms with E-state index in [-0.39, 0.29) is 12.5 Å². The van der Waals surface area contributed by atoms with Gasteiger partial charge in [-0.3, -0.25) is 0 Å². The Morgan fingerprint density at radius 3 is 1.98 bits per heavy atom. The van der Waals surface area contributed by atoms with E-state index >= 15 is 0 Å². The molecule has 3 nitrogen and oxygen atoms in total. The summed E-state index contributed by atoms with van der Waals surface area (Å²) in [5, 5.41) is 4.48. The van der Waals surface area contributed by atoms with Crippen molar-refractivity contribution in [1.82, 2.24) is 0 Å². The lowest BCUT2D eigenvalue weighted by Crippen LogP contribution is -2.13. The van der Waals surface area contributed by atoms with Crippen molar-refractivity contribution < 1.29 is 14.2 Å². The molecule has 0 saturated carbocycles. The second-order valence-corrected chi connectivity index (χ2v) is 10.7. The minimum Gasteiger partial charge on any atom is -0.490 e. The molecule has 5 aromatic carbocycles. The van der Waals surface area contributed by atoms with Crippen LogP contribution in [-0.4, -0.2) is 13.2 Å². The number of hydrogen-bond acceptors (Lipinski definition) is 3. The molecular weight excluding hydrogens is 492 g/mol. The lowest BCUT2D eigenvalue weighted by Gasteiger charge is -2.31. The van der Waals surface area contributed by atoms with Gasteiger partial charge in [-0.1, -0.05) is 81.0 Å². The molecule has 198 valence electrons. The highest BCUT2D eigenvalue weighted by atomic mass is 16.5. The van der Waals surface area contributed by atoms with Crippen LogP contribution >= 0.6 is 0 Å². The van der Waals surface area contributed by atoms with E-state index in [1.165, 1.54) is 11.1 Å². The summed E-state index contributed by atoms with van der Waals surface area (Å²) in [6.07, 6.45) is 8.24. The second kappa shape index (κ2) is 10.8. The maximum absolute atomic E-state index is 6.61. The van der Waals surface area contributed by atoms with Gasteiger partial charge in [0.15, 0.2) is 0 Å². The van der Waals surface area contributed by atoms with Gasteiger partial charge in [-0.2, -0.15) is 0 Å². The second-order valence-electron chi connectivity index (χ2n) is 10.7. The van der Waals surface area contributed by atoms with E-state index in [0.717, 1.165) is 62.1 Å². The fourth-order valence-electron chi connectivity index (χ4n) is 5.77. The van der Waals surface area contributed by atoms with Crippen LogP contribution in [-0.2, 0) is 6.42 Å². The van der Waals surface area contributed by atoms with Gasteiger partial charge >= 0.3 is 0 Å². The number of benzene rings is 5. The number of rotatable bonds is 8. The first-order chi connectivity index (χ1) is 19.6. The van der Waals surface area contributed by atoms with Crippen molar-refractivity contribution in [1.29, 1.82) is 0 Å². The van der Waals surface area contributed by atoms with Crippen molar-refractivity contribution in [2.75, 3.05) is 13.2 Å². The first-order valence-corrected chi connectivity index (χ1v) is 13.8. The summed E-state index contributed by atoms with van der Waals surface area (Å²) in [6.45, 7) is 8.99. The molecule has 0 radical (unpaired) electrons. The number of terminal acetylenes is 1. The van der Waals surface area contributed by atoms with Crippen LogP contribution in [0.1, 0.15) is 42.0 Å². The minimum absolute atomic E-state index is 0.0170. The van der Waals surface area contributed by atoms with Crippen LogP contribution in [0.3, 0.4) is 0 Å². The molecule has 0 spiro atoms. The zero-order chi connectivity index (χ0) is 27.6. The lowest BCUT2D eigenvalue weighted by molar-refractivity contribution is 0.364. The monoisotopic (exact) mass is 524 g/mol. The van der Waals surface area contributed by atoms with Gasteiger partial charge < -0.3 is 14.2 Å². The van der Waals surface area contributed by atoms with E-state index in [1.54, 1.807) is 6.08 Å². The number of fused-ring (bicyclic) bond motifs is 6. The van der Waals surface area contributed by atoms with Gasteiger partial charge in [-0.05, 0) is 81.4 Å². The minimum atomic E-state index is -0.0170. The van der Waals surface area contributed by atoms with Gasteiger partial charge in [0.25, 0.3) is 0 Å². The summed E-state index contributed by atoms with van der Waals surface area (Å²) in [7, 11) is 0. The molecule has 5 aromatic rings. The summed E-state index contributed by atoms with van der Waals surface area (Å²) in [5.41, 5.74) is 4.90. The molecule has 0 N–H and O–H groups in total. The van der Waals surface area contributed by atoms with Crippen LogP contribution in [0.25, 0.3) is 21.5 Å². The first kappa shape index (κ1) is 25.6. The van der Waals surface area contributed by atoms with Crippen LogP contribution in [0.4, 0.5) is 0 Å². The van der Waals surface area contributed by atoms with Crippen LogP contribution in [0.5, 0.6) is 23.0 Å². The third-order valence-corrected chi connectivity index (χ3v) is 7.43. The molecule has 0 fully saturated rings. The number of ether oxygens (including phenoxy) is 3. The van der Waals surface area contributed by atoms with E-state index in [1.807, 2.05) is 12.1 Å². The molecule has 3 heteroatoms. The molecule has 1 unspecified atom stereocenters. The van der Waals surface area contributed by atoms with Crippen molar-refractivity contribution in [3.63, 3.8) is 0 Å². The molecule has 1 aliphatic rings. The normalized spacial score (nSPS) is 13.8. The van der Waals surface area contributed by atoms with Gasteiger partial charge in [-0.25, -0.2) is 0 Å². The summed E-state index contributed by atoms with van der Waals surface area (Å²) in [6, 6.07) is 29.9. The molecule has 0 amide bonds. The molecule has 0 saturated heterocycles. The Balaban J connectivity index is 1.56. The van der Waals surface area contributed by atoms with Gasteiger partial charge in [0.2, 0.25) is 0 Å². The molecule has 0 aromatic heterocycles. The van der Waals surface area contributed by atoms with Crippen LogP contribution in [0.15, 0.2) is 97.6 Å². The van der Waals surface area contributed by atoms with Gasteiger partial charge in [-0.15, -0.1) is 6.42 Å². The van der Waals surface area contributed by atoms with Crippen LogP contribution in [0.2, 0.25) is 0 Å². The van der Waals surface area contributed by atoms with Crippen molar-refractivity contribution in [2.45, 2.75) is 26.2 Å². The Hall–Kier alpha value is -4.68. The Bertz CT molecular complexity index is 1760. The third-order valence-electron chi connectivity index (χ3n) is 7.43. The molecule has 40 heavy (non-hydrogen) atoms. The van der Waals surface area contributed by atoms with Crippen molar-refractivity contribution in [3.8, 4) is 35.3 Å². The fourth-order valence-corrected chi connectivity index (χ4v) is 5.77. The zero-order valence-electron chi connectivity index (χ0n) is 22.9. The predicted octanol–water partition coefficient (Wildman–Crippen LogP) is 9.05. The highest BCUT2D eigenvalue weighted by molar-refractivity contribution is 5.96. The van der Waals surface area contributed by atoms with Crippen molar-refractivity contribution in [2.24, 2.45) is 5.92 Å². The Labute approximate surface area is 236 Å². The average molecular weight is 525 g/mol. The van der Waals surface area contributed by atoms with E-state index in [4.69, 9.17) is 20.6 Å². The Morgan fingerprint density at radius 2 is 1.43 bits per heavy atom. The highest BCUT2D eigenvalue weighted by Gasteiger charge is 2.32. The standard InChI is InChI=1S/C37H32O3/c1-5-19-38-29-13-15-31-27(22-29)11-17-33-36(31)35(26-9-7-25(8-10-26)21-24(3)4)37-32-16-14-30(39-20-6-2)23-28(32)12-18-34(37)40-33/h1,6-18,22-24,35H,2,19-21H2,3-4H3. The zero-order valence-corrected chi connectivity index (χ0v) is 22.9. The third kappa shape index (κ3) is 4.78. The molecular formula is C37H32O3. The molecule has 0 aliphatic carbocycles. The summed E-state index contributed by atoms with van der Waals surface area (Å²) < 4.78 is 18.2. The molecule has 6 rings (SSSR count). The summed E-state index contributed by atoms with van der Waals surface area (Å²) in [4.78, 5) is 0. The molecule has 1 atom stereocenters. The lowest BCUT2D eigenvalue weighted by atomic mass is 9.78. The van der Waals surface area contributed by atoms with E-state index in [0.29, 0.717) is 12.5 Å². The largest absolute Gasteiger partial charge is 0.490 e. The highest BCUT2D eigenvalue weighted by Crippen LogP contribution is 2.52. The quantitative estimate of drug-likeness (QED) is 0.147. The fraction of sp³-hybridized carbons (Fsp3) is 0.189. The van der Waals surface area contributed by atoms with Crippen molar-refractivity contribution >= 4 is 21.5 Å².